The molecule has 2 amide bonds. The molecule has 0 radical (unpaired) electrons. The average Bonchev–Trinajstić information content (AvgIpc) is 3.38. The van der Waals surface area contributed by atoms with E-state index in [1.54, 1.807) is 0 Å². The number of rotatable bonds is 4. The molecule has 1 aliphatic heterocycles. The van der Waals surface area contributed by atoms with Gasteiger partial charge in [0.25, 0.3) is 0 Å². The van der Waals surface area contributed by atoms with Crippen molar-refractivity contribution in [3.63, 3.8) is 0 Å². The van der Waals surface area contributed by atoms with E-state index < -0.39 is 5.41 Å². The van der Waals surface area contributed by atoms with Gasteiger partial charge in [-0.2, -0.15) is 0 Å². The van der Waals surface area contributed by atoms with Gasteiger partial charge in [-0.3, -0.25) is 9.59 Å². The number of hydrogen-bond acceptors (Lipinski definition) is 2. The van der Waals surface area contributed by atoms with Gasteiger partial charge in [0.05, 0.1) is 0 Å². The van der Waals surface area contributed by atoms with Crippen LogP contribution in [0.5, 0.6) is 0 Å². The molecule has 1 N–H and O–H groups in total. The van der Waals surface area contributed by atoms with Crippen LogP contribution in [0.1, 0.15) is 49.7 Å². The van der Waals surface area contributed by atoms with Crippen LogP contribution in [0.4, 0.5) is 0 Å². The summed E-state index contributed by atoms with van der Waals surface area (Å²) in [5, 5.41) is 2.99. The number of carbonyl (C=O) groups excluding carboxylic acids is 2. The summed E-state index contributed by atoms with van der Waals surface area (Å²) in [4.78, 5) is 27.4. The van der Waals surface area contributed by atoms with Crippen molar-refractivity contribution in [2.45, 2.75) is 52.0 Å². The minimum Gasteiger partial charge on any atom is -0.351 e. The highest BCUT2D eigenvalue weighted by Gasteiger charge is 2.57. The predicted octanol–water partition coefficient (Wildman–Crippen LogP) is 2.79. The molecular formula is C19H26N2O2. The summed E-state index contributed by atoms with van der Waals surface area (Å²) < 4.78 is 0. The molecule has 1 aromatic carbocycles. The summed E-state index contributed by atoms with van der Waals surface area (Å²) in [6.45, 7) is 4.16. The van der Waals surface area contributed by atoms with E-state index >= 15 is 0 Å². The maximum Gasteiger partial charge on any atom is 0.238 e. The molecule has 124 valence electrons. The summed E-state index contributed by atoms with van der Waals surface area (Å²) in [6, 6.07) is 8.03. The van der Waals surface area contributed by atoms with E-state index in [0.717, 1.165) is 37.1 Å². The van der Waals surface area contributed by atoms with Gasteiger partial charge in [0.1, 0.15) is 5.41 Å². The topological polar surface area (TPSA) is 49.4 Å². The fourth-order valence-electron chi connectivity index (χ4n) is 3.39. The van der Waals surface area contributed by atoms with E-state index in [0.29, 0.717) is 19.4 Å². The molecule has 1 aliphatic carbocycles. The molecule has 4 nitrogen and oxygen atoms in total. The highest BCUT2D eigenvalue weighted by molar-refractivity contribution is 6.07. The molecule has 1 heterocycles. The summed E-state index contributed by atoms with van der Waals surface area (Å²) in [6.07, 6.45) is 5.90. The number of nitrogens with zero attached hydrogens (tertiary/aromatic N) is 1. The molecule has 23 heavy (non-hydrogen) atoms. The molecule has 2 fully saturated rings. The first-order chi connectivity index (χ1) is 11.1. The first-order valence-corrected chi connectivity index (χ1v) is 8.76. The van der Waals surface area contributed by atoms with E-state index in [9.17, 15) is 9.59 Å². The SMILES string of the molecule is Cc1ccccc1CNC(=O)C1(C(=O)N2CCCCCC2)CC1. The molecule has 1 aromatic rings. The highest BCUT2D eigenvalue weighted by atomic mass is 16.2. The summed E-state index contributed by atoms with van der Waals surface area (Å²) >= 11 is 0. The molecule has 0 atom stereocenters. The molecule has 0 spiro atoms. The number of likely N-dealkylation sites (tertiary alicyclic amines) is 1. The van der Waals surface area contributed by atoms with Crippen LogP contribution in [-0.4, -0.2) is 29.8 Å². The second-order valence-corrected chi connectivity index (χ2v) is 6.90. The zero-order valence-corrected chi connectivity index (χ0v) is 13.9. The van der Waals surface area contributed by atoms with Gasteiger partial charge >= 0.3 is 0 Å². The van der Waals surface area contributed by atoms with Crippen molar-refractivity contribution in [1.82, 2.24) is 10.2 Å². The Kier molecular flexibility index (Phi) is 4.69. The summed E-state index contributed by atoms with van der Waals surface area (Å²) in [7, 11) is 0. The molecule has 0 aromatic heterocycles. The molecule has 0 bridgehead atoms. The Hall–Kier alpha value is -1.84. The second kappa shape index (κ2) is 6.73. The lowest BCUT2D eigenvalue weighted by molar-refractivity contribution is -0.144. The number of benzene rings is 1. The van der Waals surface area contributed by atoms with Crippen molar-refractivity contribution < 1.29 is 9.59 Å². The van der Waals surface area contributed by atoms with E-state index in [1.165, 1.54) is 12.8 Å². The van der Waals surface area contributed by atoms with Gasteiger partial charge in [-0.15, -0.1) is 0 Å². The van der Waals surface area contributed by atoms with Crippen LogP contribution in [-0.2, 0) is 16.1 Å². The van der Waals surface area contributed by atoms with Gasteiger partial charge in [-0.1, -0.05) is 37.1 Å². The third kappa shape index (κ3) is 3.41. The van der Waals surface area contributed by atoms with Crippen molar-refractivity contribution >= 4 is 11.8 Å². The Balaban J connectivity index is 1.62. The standard InChI is InChI=1S/C19H26N2O2/c1-15-8-4-5-9-16(15)14-20-17(22)19(10-11-19)18(23)21-12-6-2-3-7-13-21/h4-5,8-9H,2-3,6-7,10-14H2,1H3,(H,20,22). The fourth-order valence-corrected chi connectivity index (χ4v) is 3.39. The van der Waals surface area contributed by atoms with Crippen LogP contribution in [0, 0.1) is 12.3 Å². The first kappa shape index (κ1) is 16.0. The number of carbonyl (C=O) groups is 2. The zero-order valence-electron chi connectivity index (χ0n) is 13.9. The Bertz CT molecular complexity index is 585. The van der Waals surface area contributed by atoms with Crippen molar-refractivity contribution in [2.24, 2.45) is 5.41 Å². The fraction of sp³-hybridized carbons (Fsp3) is 0.579. The second-order valence-electron chi connectivity index (χ2n) is 6.90. The Labute approximate surface area is 138 Å². The Morgan fingerprint density at radius 1 is 1.09 bits per heavy atom. The zero-order chi connectivity index (χ0) is 16.3. The van der Waals surface area contributed by atoms with Gasteiger partial charge in [0.15, 0.2) is 0 Å². The van der Waals surface area contributed by atoms with E-state index in [-0.39, 0.29) is 11.8 Å². The lowest BCUT2D eigenvalue weighted by atomic mass is 10.0. The largest absolute Gasteiger partial charge is 0.351 e. The number of hydrogen-bond donors (Lipinski definition) is 1. The maximum atomic E-state index is 12.8. The first-order valence-electron chi connectivity index (χ1n) is 8.76. The molecule has 1 saturated heterocycles. The van der Waals surface area contributed by atoms with Gasteiger partial charge in [0.2, 0.25) is 11.8 Å². The smallest absolute Gasteiger partial charge is 0.238 e. The summed E-state index contributed by atoms with van der Waals surface area (Å²) in [5.74, 6) is -0.0308. The molecule has 2 aliphatic rings. The number of aryl methyl sites for hydroxylation is 1. The number of amides is 2. The maximum absolute atomic E-state index is 12.8. The Morgan fingerprint density at radius 3 is 2.35 bits per heavy atom. The molecule has 1 saturated carbocycles. The van der Waals surface area contributed by atoms with Crippen molar-refractivity contribution in [2.75, 3.05) is 13.1 Å². The van der Waals surface area contributed by atoms with Crippen LogP contribution in [0.2, 0.25) is 0 Å². The van der Waals surface area contributed by atoms with Gasteiger partial charge in [0, 0.05) is 19.6 Å². The quantitative estimate of drug-likeness (QED) is 0.869. The monoisotopic (exact) mass is 314 g/mol. The molecule has 3 rings (SSSR count). The van der Waals surface area contributed by atoms with Crippen molar-refractivity contribution in [1.29, 1.82) is 0 Å². The predicted molar refractivity (Wildman–Crippen MR) is 89.7 cm³/mol. The van der Waals surface area contributed by atoms with Gasteiger partial charge in [-0.05, 0) is 43.7 Å². The van der Waals surface area contributed by atoms with E-state index in [1.807, 2.05) is 36.1 Å². The minimum absolute atomic E-state index is 0.0571. The normalized spacial score (nSPS) is 19.8. The van der Waals surface area contributed by atoms with Crippen molar-refractivity contribution in [3.05, 3.63) is 35.4 Å². The van der Waals surface area contributed by atoms with Crippen LogP contribution in [0.25, 0.3) is 0 Å². The van der Waals surface area contributed by atoms with E-state index in [4.69, 9.17) is 0 Å². The average molecular weight is 314 g/mol. The highest BCUT2D eigenvalue weighted by Crippen LogP contribution is 2.47. The van der Waals surface area contributed by atoms with Gasteiger partial charge in [-0.25, -0.2) is 0 Å². The number of nitrogens with one attached hydrogen (secondary N) is 1. The minimum atomic E-state index is -0.771. The van der Waals surface area contributed by atoms with E-state index in [2.05, 4.69) is 5.32 Å². The molecule has 0 unspecified atom stereocenters. The lowest BCUT2D eigenvalue weighted by Crippen LogP contribution is -2.45. The summed E-state index contributed by atoms with van der Waals surface area (Å²) in [5.41, 5.74) is 1.50. The van der Waals surface area contributed by atoms with Crippen molar-refractivity contribution in [3.8, 4) is 0 Å². The lowest BCUT2D eigenvalue weighted by Gasteiger charge is -2.25. The van der Waals surface area contributed by atoms with Crippen LogP contribution in [0.15, 0.2) is 24.3 Å². The molecule has 4 heteroatoms. The molecular weight excluding hydrogens is 288 g/mol. The van der Waals surface area contributed by atoms with Crippen LogP contribution >= 0.6 is 0 Å². The van der Waals surface area contributed by atoms with Crippen LogP contribution in [0.3, 0.4) is 0 Å². The third-order valence-electron chi connectivity index (χ3n) is 5.19. The van der Waals surface area contributed by atoms with Gasteiger partial charge < -0.3 is 10.2 Å². The Morgan fingerprint density at radius 2 is 1.74 bits per heavy atom. The van der Waals surface area contributed by atoms with Crippen LogP contribution < -0.4 is 5.32 Å². The third-order valence-corrected chi connectivity index (χ3v) is 5.19.